The molecule has 0 saturated heterocycles. The molecule has 0 heterocycles. The molecule has 0 radical (unpaired) electrons. The molecule has 0 spiro atoms. The third kappa shape index (κ3) is 4.22. The van der Waals surface area contributed by atoms with Crippen LogP contribution in [-0.2, 0) is 9.59 Å². The fourth-order valence-electron chi connectivity index (χ4n) is 2.88. The fraction of sp³-hybridized carbons (Fsp3) is 0.867. The van der Waals surface area contributed by atoms with Crippen molar-refractivity contribution in [2.24, 2.45) is 22.7 Å². The summed E-state index contributed by atoms with van der Waals surface area (Å²) in [7, 11) is 0. The largest absolute Gasteiger partial charge is 0.481 e. The topological polar surface area (TPSA) is 74.6 Å². The molecule has 0 aromatic heterocycles. The summed E-state index contributed by atoms with van der Waals surface area (Å²) in [5, 5.41) is 19.1. The smallest absolute Gasteiger partial charge is 0.307 e. The van der Waals surface area contributed by atoms with Gasteiger partial charge < -0.3 is 10.2 Å². The Balaban J connectivity index is 5.69. The number of rotatable bonds is 8. The molecule has 0 aliphatic rings. The van der Waals surface area contributed by atoms with Gasteiger partial charge in [0.05, 0.1) is 11.8 Å². The second-order valence-corrected chi connectivity index (χ2v) is 6.71. The SMILES string of the molecule is CCCC(C)(C)C(C(=O)O)C(C(=O)O)C(C)(C)CC. The number of hydrogen-bond acceptors (Lipinski definition) is 2. The molecular weight excluding hydrogens is 244 g/mol. The second kappa shape index (κ2) is 6.40. The van der Waals surface area contributed by atoms with Gasteiger partial charge in [-0.2, -0.15) is 0 Å². The number of carboxylic acid groups (broad SMARTS) is 2. The first-order chi connectivity index (χ1) is 8.51. The molecule has 0 fully saturated rings. The first-order valence-corrected chi connectivity index (χ1v) is 6.96. The number of hydrogen-bond donors (Lipinski definition) is 2. The van der Waals surface area contributed by atoms with Crippen LogP contribution in [0.4, 0.5) is 0 Å². The van der Waals surface area contributed by atoms with Crippen molar-refractivity contribution in [1.82, 2.24) is 0 Å². The van der Waals surface area contributed by atoms with Gasteiger partial charge >= 0.3 is 11.9 Å². The lowest BCUT2D eigenvalue weighted by Gasteiger charge is -2.41. The van der Waals surface area contributed by atoms with Gasteiger partial charge in [-0.1, -0.05) is 54.4 Å². The molecular formula is C15H28O4. The summed E-state index contributed by atoms with van der Waals surface area (Å²) >= 11 is 0. The second-order valence-electron chi connectivity index (χ2n) is 6.71. The summed E-state index contributed by atoms with van der Waals surface area (Å²) < 4.78 is 0. The molecule has 0 amide bonds. The van der Waals surface area contributed by atoms with Crippen molar-refractivity contribution in [3.8, 4) is 0 Å². The van der Waals surface area contributed by atoms with Gasteiger partial charge in [0, 0.05) is 0 Å². The van der Waals surface area contributed by atoms with Gasteiger partial charge in [-0.25, -0.2) is 0 Å². The molecule has 19 heavy (non-hydrogen) atoms. The van der Waals surface area contributed by atoms with Crippen LogP contribution in [0.1, 0.15) is 60.8 Å². The van der Waals surface area contributed by atoms with Crippen molar-refractivity contribution in [3.63, 3.8) is 0 Å². The van der Waals surface area contributed by atoms with E-state index in [0.29, 0.717) is 12.8 Å². The quantitative estimate of drug-likeness (QED) is 0.707. The van der Waals surface area contributed by atoms with Crippen molar-refractivity contribution < 1.29 is 19.8 Å². The Morgan fingerprint density at radius 3 is 1.53 bits per heavy atom. The van der Waals surface area contributed by atoms with Crippen molar-refractivity contribution in [1.29, 1.82) is 0 Å². The van der Waals surface area contributed by atoms with Crippen molar-refractivity contribution in [2.75, 3.05) is 0 Å². The van der Waals surface area contributed by atoms with E-state index in [1.54, 1.807) is 0 Å². The molecule has 0 aromatic carbocycles. The Morgan fingerprint density at radius 2 is 1.26 bits per heavy atom. The molecule has 0 aliphatic carbocycles. The minimum Gasteiger partial charge on any atom is -0.481 e. The molecule has 2 atom stereocenters. The van der Waals surface area contributed by atoms with Gasteiger partial charge in [-0.3, -0.25) is 9.59 Å². The lowest BCUT2D eigenvalue weighted by molar-refractivity contribution is -0.165. The van der Waals surface area contributed by atoms with E-state index in [0.717, 1.165) is 6.42 Å². The van der Waals surface area contributed by atoms with E-state index in [1.165, 1.54) is 0 Å². The average molecular weight is 272 g/mol. The molecule has 0 aromatic rings. The Morgan fingerprint density at radius 1 is 0.895 bits per heavy atom. The molecule has 4 nitrogen and oxygen atoms in total. The number of carboxylic acids is 2. The third-order valence-electron chi connectivity index (χ3n) is 4.35. The lowest BCUT2D eigenvalue weighted by Crippen LogP contribution is -2.46. The zero-order valence-corrected chi connectivity index (χ0v) is 13.0. The predicted octanol–water partition coefficient (Wildman–Crippen LogP) is 3.65. The summed E-state index contributed by atoms with van der Waals surface area (Å²) in [6, 6.07) is 0. The van der Waals surface area contributed by atoms with E-state index >= 15 is 0 Å². The van der Waals surface area contributed by atoms with Gasteiger partial charge in [0.1, 0.15) is 0 Å². The van der Waals surface area contributed by atoms with Crippen LogP contribution >= 0.6 is 0 Å². The zero-order chi connectivity index (χ0) is 15.4. The maximum atomic E-state index is 11.7. The van der Waals surface area contributed by atoms with Gasteiger partial charge in [0.25, 0.3) is 0 Å². The van der Waals surface area contributed by atoms with E-state index in [2.05, 4.69) is 0 Å². The highest BCUT2D eigenvalue weighted by Gasteiger charge is 2.49. The number of carbonyl (C=O) groups is 2. The predicted molar refractivity (Wildman–Crippen MR) is 75.0 cm³/mol. The van der Waals surface area contributed by atoms with Crippen LogP contribution in [0.5, 0.6) is 0 Å². The van der Waals surface area contributed by atoms with E-state index in [4.69, 9.17) is 0 Å². The van der Waals surface area contributed by atoms with Gasteiger partial charge in [-0.05, 0) is 17.3 Å². The monoisotopic (exact) mass is 272 g/mol. The molecule has 4 heteroatoms. The summed E-state index contributed by atoms with van der Waals surface area (Å²) in [6.45, 7) is 11.3. The first-order valence-electron chi connectivity index (χ1n) is 6.96. The lowest BCUT2D eigenvalue weighted by atomic mass is 9.61. The fourth-order valence-corrected chi connectivity index (χ4v) is 2.88. The highest BCUT2D eigenvalue weighted by molar-refractivity contribution is 5.81. The molecule has 0 bridgehead atoms. The van der Waals surface area contributed by atoms with Crippen LogP contribution in [0.25, 0.3) is 0 Å². The summed E-state index contributed by atoms with van der Waals surface area (Å²) in [6.07, 6.45) is 2.18. The minimum atomic E-state index is -1.01. The average Bonchev–Trinajstić information content (AvgIpc) is 2.23. The normalized spacial score (nSPS) is 15.9. The van der Waals surface area contributed by atoms with Gasteiger partial charge in [0.2, 0.25) is 0 Å². The maximum Gasteiger partial charge on any atom is 0.307 e. The van der Waals surface area contributed by atoms with Crippen LogP contribution in [0.3, 0.4) is 0 Å². The first kappa shape index (κ1) is 17.9. The van der Waals surface area contributed by atoms with Crippen molar-refractivity contribution >= 4 is 11.9 Å². The Labute approximate surface area is 116 Å². The van der Waals surface area contributed by atoms with Gasteiger partial charge in [0.15, 0.2) is 0 Å². The Hall–Kier alpha value is -1.06. The Bertz CT molecular complexity index is 331. The maximum absolute atomic E-state index is 11.7. The van der Waals surface area contributed by atoms with Crippen molar-refractivity contribution in [2.45, 2.75) is 60.8 Å². The van der Waals surface area contributed by atoms with Crippen LogP contribution in [-0.4, -0.2) is 22.2 Å². The molecule has 0 rings (SSSR count). The Kier molecular flexibility index (Phi) is 6.04. The highest BCUT2D eigenvalue weighted by Crippen LogP contribution is 2.45. The van der Waals surface area contributed by atoms with Crippen LogP contribution in [0.2, 0.25) is 0 Å². The van der Waals surface area contributed by atoms with E-state index < -0.39 is 34.6 Å². The van der Waals surface area contributed by atoms with Crippen LogP contribution in [0.15, 0.2) is 0 Å². The summed E-state index contributed by atoms with van der Waals surface area (Å²) in [4.78, 5) is 23.3. The van der Waals surface area contributed by atoms with E-state index in [9.17, 15) is 19.8 Å². The van der Waals surface area contributed by atoms with Crippen molar-refractivity contribution in [3.05, 3.63) is 0 Å². The zero-order valence-electron chi connectivity index (χ0n) is 13.0. The third-order valence-corrected chi connectivity index (χ3v) is 4.35. The minimum absolute atomic E-state index is 0.532. The molecule has 0 saturated carbocycles. The summed E-state index contributed by atoms with van der Waals surface area (Å²) in [5.74, 6) is -3.77. The van der Waals surface area contributed by atoms with Crippen LogP contribution in [0, 0.1) is 22.7 Å². The standard InChI is InChI=1S/C15H28O4/c1-7-9-15(5,6)11(13(18)19)10(12(16)17)14(3,4)8-2/h10-11H,7-9H2,1-6H3,(H,16,17)(H,18,19). The summed E-state index contributed by atoms with van der Waals surface area (Å²) in [5.41, 5.74) is -1.07. The van der Waals surface area contributed by atoms with Crippen LogP contribution < -0.4 is 0 Å². The van der Waals surface area contributed by atoms with E-state index in [1.807, 2.05) is 41.5 Å². The number of aliphatic carboxylic acids is 2. The molecule has 112 valence electrons. The highest BCUT2D eigenvalue weighted by atomic mass is 16.4. The molecule has 2 N–H and O–H groups in total. The van der Waals surface area contributed by atoms with E-state index in [-0.39, 0.29) is 0 Å². The molecule has 0 aliphatic heterocycles. The molecule has 2 unspecified atom stereocenters. The van der Waals surface area contributed by atoms with Gasteiger partial charge in [-0.15, -0.1) is 0 Å².